The molecule has 3 aromatic carbocycles. The standard InChI is InChI=1S/C24H23ClN2O/c1-16-8-10-19(11-9-16)24-26-21-6-4-5-7-22(21)27(24)12-13-28-20-14-17(2)23(25)18(3)15-20/h4-11,14-15H,12-13H2,1-3H3. The predicted molar refractivity (Wildman–Crippen MR) is 116 cm³/mol. The van der Waals surface area contributed by atoms with Crippen molar-refractivity contribution in [3.8, 4) is 17.1 Å². The first-order valence-corrected chi connectivity index (χ1v) is 9.82. The molecule has 0 bridgehead atoms. The molecule has 0 spiro atoms. The van der Waals surface area contributed by atoms with Gasteiger partial charge in [-0.1, -0.05) is 53.6 Å². The van der Waals surface area contributed by atoms with Crippen LogP contribution in [0.2, 0.25) is 5.02 Å². The molecule has 0 saturated carbocycles. The summed E-state index contributed by atoms with van der Waals surface area (Å²) in [6.07, 6.45) is 0. The first-order chi connectivity index (χ1) is 13.5. The highest BCUT2D eigenvalue weighted by Gasteiger charge is 2.12. The van der Waals surface area contributed by atoms with Crippen LogP contribution >= 0.6 is 11.6 Å². The fourth-order valence-electron chi connectivity index (χ4n) is 3.47. The SMILES string of the molecule is Cc1ccc(-c2nc3ccccc3n2CCOc2cc(C)c(Cl)c(C)c2)cc1. The van der Waals surface area contributed by atoms with Gasteiger partial charge in [-0.05, 0) is 56.2 Å². The van der Waals surface area contributed by atoms with E-state index in [2.05, 4.69) is 47.9 Å². The lowest BCUT2D eigenvalue weighted by Gasteiger charge is -2.13. The van der Waals surface area contributed by atoms with E-state index in [-0.39, 0.29) is 0 Å². The summed E-state index contributed by atoms with van der Waals surface area (Å²) in [5, 5.41) is 0.801. The van der Waals surface area contributed by atoms with Crippen molar-refractivity contribution in [1.82, 2.24) is 9.55 Å². The average molecular weight is 391 g/mol. The second kappa shape index (κ2) is 7.69. The molecule has 4 aromatic rings. The average Bonchev–Trinajstić information content (AvgIpc) is 3.05. The van der Waals surface area contributed by atoms with Crippen LogP contribution in [-0.4, -0.2) is 16.2 Å². The van der Waals surface area contributed by atoms with Crippen molar-refractivity contribution in [2.45, 2.75) is 27.3 Å². The maximum absolute atomic E-state index is 6.26. The Morgan fingerprint density at radius 1 is 0.929 bits per heavy atom. The van der Waals surface area contributed by atoms with Crippen LogP contribution in [0.4, 0.5) is 0 Å². The molecule has 1 aromatic heterocycles. The van der Waals surface area contributed by atoms with E-state index in [4.69, 9.17) is 21.3 Å². The highest BCUT2D eigenvalue weighted by molar-refractivity contribution is 6.32. The summed E-state index contributed by atoms with van der Waals surface area (Å²) >= 11 is 6.26. The minimum atomic E-state index is 0.555. The Hall–Kier alpha value is -2.78. The van der Waals surface area contributed by atoms with Crippen LogP contribution in [0.25, 0.3) is 22.4 Å². The topological polar surface area (TPSA) is 27.1 Å². The zero-order chi connectivity index (χ0) is 19.7. The van der Waals surface area contributed by atoms with E-state index in [9.17, 15) is 0 Å². The van der Waals surface area contributed by atoms with Gasteiger partial charge in [0.25, 0.3) is 0 Å². The normalized spacial score (nSPS) is 11.1. The van der Waals surface area contributed by atoms with Gasteiger partial charge in [0.2, 0.25) is 0 Å². The number of ether oxygens (including phenoxy) is 1. The Bertz CT molecular complexity index is 1110. The van der Waals surface area contributed by atoms with Crippen molar-refractivity contribution in [1.29, 1.82) is 0 Å². The van der Waals surface area contributed by atoms with Crippen molar-refractivity contribution in [2.75, 3.05) is 6.61 Å². The number of aryl methyl sites for hydroxylation is 3. The molecule has 3 nitrogen and oxygen atoms in total. The van der Waals surface area contributed by atoms with Gasteiger partial charge in [0.05, 0.1) is 17.6 Å². The Morgan fingerprint density at radius 2 is 1.61 bits per heavy atom. The van der Waals surface area contributed by atoms with Crippen molar-refractivity contribution >= 4 is 22.6 Å². The number of rotatable bonds is 5. The summed E-state index contributed by atoms with van der Waals surface area (Å²) < 4.78 is 8.28. The Morgan fingerprint density at radius 3 is 2.32 bits per heavy atom. The van der Waals surface area contributed by atoms with E-state index in [0.29, 0.717) is 13.2 Å². The number of nitrogens with zero attached hydrogens (tertiary/aromatic N) is 2. The molecular weight excluding hydrogens is 368 g/mol. The van der Waals surface area contributed by atoms with Crippen LogP contribution < -0.4 is 4.74 Å². The maximum atomic E-state index is 6.26. The smallest absolute Gasteiger partial charge is 0.141 e. The summed E-state index contributed by atoms with van der Waals surface area (Å²) in [6, 6.07) is 20.7. The van der Waals surface area contributed by atoms with Crippen LogP contribution in [0, 0.1) is 20.8 Å². The minimum Gasteiger partial charge on any atom is -0.492 e. The first-order valence-electron chi connectivity index (χ1n) is 9.45. The van der Waals surface area contributed by atoms with Gasteiger partial charge in [-0.15, -0.1) is 0 Å². The lowest BCUT2D eigenvalue weighted by Crippen LogP contribution is -2.09. The number of aromatic nitrogens is 2. The van der Waals surface area contributed by atoms with E-state index in [1.165, 1.54) is 5.56 Å². The molecule has 0 fully saturated rings. The molecule has 4 heteroatoms. The summed E-state index contributed by atoms with van der Waals surface area (Å²) in [5.41, 5.74) is 6.53. The van der Waals surface area contributed by atoms with E-state index in [0.717, 1.165) is 44.3 Å². The summed E-state index contributed by atoms with van der Waals surface area (Å²) in [5.74, 6) is 1.81. The monoisotopic (exact) mass is 390 g/mol. The van der Waals surface area contributed by atoms with Gasteiger partial charge in [0.15, 0.2) is 0 Å². The number of imidazole rings is 1. The van der Waals surface area contributed by atoms with E-state index in [1.807, 2.05) is 38.1 Å². The second-order valence-corrected chi connectivity index (χ2v) is 7.54. The summed E-state index contributed by atoms with van der Waals surface area (Å²) in [7, 11) is 0. The van der Waals surface area contributed by atoms with Gasteiger partial charge in [-0.2, -0.15) is 0 Å². The van der Waals surface area contributed by atoms with Crippen LogP contribution in [0.5, 0.6) is 5.75 Å². The van der Waals surface area contributed by atoms with Crippen molar-refractivity contribution in [2.24, 2.45) is 0 Å². The third kappa shape index (κ3) is 3.63. The van der Waals surface area contributed by atoms with Gasteiger partial charge >= 0.3 is 0 Å². The summed E-state index contributed by atoms with van der Waals surface area (Å²) in [6.45, 7) is 7.36. The molecule has 0 amide bonds. The number of hydrogen-bond acceptors (Lipinski definition) is 2. The third-order valence-corrected chi connectivity index (χ3v) is 5.55. The Labute approximate surface area is 170 Å². The van der Waals surface area contributed by atoms with Crippen molar-refractivity contribution < 1.29 is 4.74 Å². The molecule has 0 aliphatic heterocycles. The van der Waals surface area contributed by atoms with Gasteiger partial charge in [0.1, 0.15) is 18.2 Å². The Balaban J connectivity index is 1.62. The highest BCUT2D eigenvalue weighted by Crippen LogP contribution is 2.27. The predicted octanol–water partition coefficient (Wildman–Crippen LogP) is 6.36. The lowest BCUT2D eigenvalue weighted by atomic mass is 10.1. The molecule has 0 N–H and O–H groups in total. The number of halogens is 1. The number of benzene rings is 3. The summed E-state index contributed by atoms with van der Waals surface area (Å²) in [4.78, 5) is 4.87. The minimum absolute atomic E-state index is 0.555. The largest absolute Gasteiger partial charge is 0.492 e. The van der Waals surface area contributed by atoms with Crippen molar-refractivity contribution in [3.63, 3.8) is 0 Å². The molecule has 4 rings (SSSR count). The number of para-hydroxylation sites is 2. The van der Waals surface area contributed by atoms with Gasteiger partial charge < -0.3 is 9.30 Å². The number of hydrogen-bond donors (Lipinski definition) is 0. The van der Waals surface area contributed by atoms with Crippen LogP contribution in [0.1, 0.15) is 16.7 Å². The lowest BCUT2D eigenvalue weighted by molar-refractivity contribution is 0.300. The zero-order valence-electron chi connectivity index (χ0n) is 16.4. The molecule has 0 aliphatic carbocycles. The molecule has 28 heavy (non-hydrogen) atoms. The molecule has 0 unspecified atom stereocenters. The second-order valence-electron chi connectivity index (χ2n) is 7.16. The number of fused-ring (bicyclic) bond motifs is 1. The van der Waals surface area contributed by atoms with E-state index >= 15 is 0 Å². The molecule has 1 heterocycles. The first kappa shape index (κ1) is 18.6. The van der Waals surface area contributed by atoms with Gasteiger partial charge in [-0.3, -0.25) is 0 Å². The molecular formula is C24H23ClN2O. The fourth-order valence-corrected chi connectivity index (χ4v) is 3.58. The molecule has 142 valence electrons. The zero-order valence-corrected chi connectivity index (χ0v) is 17.1. The van der Waals surface area contributed by atoms with E-state index < -0.39 is 0 Å². The molecule has 0 saturated heterocycles. The Kier molecular flexibility index (Phi) is 5.10. The van der Waals surface area contributed by atoms with Gasteiger partial charge in [-0.25, -0.2) is 4.98 Å². The molecule has 0 aliphatic rings. The van der Waals surface area contributed by atoms with Crippen molar-refractivity contribution in [3.05, 3.63) is 82.4 Å². The van der Waals surface area contributed by atoms with Crippen LogP contribution in [0.15, 0.2) is 60.7 Å². The van der Waals surface area contributed by atoms with Crippen LogP contribution in [-0.2, 0) is 6.54 Å². The quantitative estimate of drug-likeness (QED) is 0.396. The third-order valence-electron chi connectivity index (χ3n) is 4.96. The van der Waals surface area contributed by atoms with Crippen LogP contribution in [0.3, 0.4) is 0 Å². The molecule has 0 atom stereocenters. The highest BCUT2D eigenvalue weighted by atomic mass is 35.5. The van der Waals surface area contributed by atoms with Gasteiger partial charge in [0, 0.05) is 10.6 Å². The maximum Gasteiger partial charge on any atom is 0.141 e. The van der Waals surface area contributed by atoms with E-state index in [1.54, 1.807) is 0 Å². The fraction of sp³-hybridized carbons (Fsp3) is 0.208. The molecule has 0 radical (unpaired) electrons.